The number of para-hydroxylation sites is 2. The number of rotatable bonds is 5. The summed E-state index contributed by atoms with van der Waals surface area (Å²) in [7, 11) is -1.46. The molecule has 5 aromatic carbocycles. The van der Waals surface area contributed by atoms with Crippen molar-refractivity contribution in [1.82, 2.24) is 13.9 Å². The van der Waals surface area contributed by atoms with E-state index in [4.69, 9.17) is 4.42 Å². The molecule has 11 rings (SSSR count). The van der Waals surface area contributed by atoms with Gasteiger partial charge in [0.25, 0.3) is 0 Å². The summed E-state index contributed by atoms with van der Waals surface area (Å²) in [6.07, 6.45) is 10.3. The molecule has 5 aromatic heterocycles. The van der Waals surface area contributed by atoms with Crippen molar-refractivity contribution in [2.24, 2.45) is 0 Å². The van der Waals surface area contributed by atoms with Crippen LogP contribution in [0.4, 0.5) is 0 Å². The number of furan rings is 1. The molecule has 0 bridgehead atoms. The first-order valence-corrected chi connectivity index (χ1v) is 19.4. The zero-order valence-corrected chi connectivity index (χ0v) is 31.7. The number of benzene rings is 5. The largest absolute Gasteiger partial charge is 2.00 e. The molecule has 10 aromatic rings. The van der Waals surface area contributed by atoms with Crippen molar-refractivity contribution >= 4 is 89.1 Å². The third-order valence-corrected chi connectivity index (χ3v) is 14.0. The first-order chi connectivity index (χ1) is 25.3. The van der Waals surface area contributed by atoms with E-state index in [-0.39, 0.29) is 27.0 Å². The molecule has 0 amide bonds. The fraction of sp³-hybridized carbons (Fsp3) is 0.0222. The van der Waals surface area contributed by atoms with E-state index in [0.717, 1.165) is 39.1 Å². The van der Waals surface area contributed by atoms with Crippen molar-refractivity contribution in [3.8, 4) is 5.69 Å². The van der Waals surface area contributed by atoms with Crippen LogP contribution in [0, 0.1) is 12.5 Å². The summed E-state index contributed by atoms with van der Waals surface area (Å²) in [5.74, 6) is 0.919. The number of thiophene rings is 1. The average Bonchev–Trinajstić information content (AvgIpc) is 3.94. The maximum absolute atomic E-state index is 6.25. The maximum atomic E-state index is 6.25. The quantitative estimate of drug-likeness (QED) is 0.128. The summed E-state index contributed by atoms with van der Waals surface area (Å²) in [5, 5.41) is 7.54. The summed E-state index contributed by atoms with van der Waals surface area (Å²) in [4.78, 5) is 4.67. The van der Waals surface area contributed by atoms with Crippen LogP contribution >= 0.6 is 19.4 Å². The molecule has 5 heterocycles. The summed E-state index contributed by atoms with van der Waals surface area (Å²) in [5.41, 5.74) is 7.82. The van der Waals surface area contributed by atoms with Gasteiger partial charge in [0.15, 0.2) is 8.07 Å². The third-order valence-electron chi connectivity index (χ3n) is 10.2. The van der Waals surface area contributed by atoms with Crippen LogP contribution in [0.1, 0.15) is 22.9 Å². The minimum atomic E-state index is -1.46. The van der Waals surface area contributed by atoms with Crippen molar-refractivity contribution in [1.29, 1.82) is 0 Å². The van der Waals surface area contributed by atoms with Gasteiger partial charge in [-0.15, -0.1) is 23.1 Å². The number of hydrogen-bond acceptors (Lipinski definition) is 3. The first-order valence-electron chi connectivity index (χ1n) is 17.2. The van der Waals surface area contributed by atoms with Crippen LogP contribution in [0.3, 0.4) is 0 Å². The summed E-state index contributed by atoms with van der Waals surface area (Å²) >= 11 is 1.88. The molecule has 0 aliphatic heterocycles. The standard InChI is InChI=1S/C45H28N3OPS.Pt/c1-3-13-30(14-4-1)50(31-15-5-2-6-16-31)48-39-21-10-8-18-33(39)45-44(48)36-26-40-34(27-43(36)51-45)32-17-7-9-20-38(32)47(40)41-28-49-42-23-22-29(25-35(41)42)37-19-11-12-24-46-37;/h1-25,27-29H;/q-2;+2/p+1. The van der Waals surface area contributed by atoms with Crippen LogP contribution in [0.2, 0.25) is 0 Å². The Hall–Kier alpha value is -5.18. The van der Waals surface area contributed by atoms with Gasteiger partial charge >= 0.3 is 21.1 Å². The van der Waals surface area contributed by atoms with Gasteiger partial charge in [-0.25, -0.2) is 4.34 Å². The first kappa shape index (κ1) is 31.5. The average molecular weight is 886 g/mol. The second-order valence-corrected chi connectivity index (χ2v) is 16.4. The van der Waals surface area contributed by atoms with Crippen molar-refractivity contribution in [3.05, 3.63) is 182 Å². The van der Waals surface area contributed by atoms with Gasteiger partial charge in [0, 0.05) is 45.0 Å². The molecule has 7 heteroatoms. The van der Waals surface area contributed by atoms with Gasteiger partial charge in [-0.2, -0.15) is 17.8 Å². The molecule has 4 nitrogen and oxygen atoms in total. The molecule has 0 radical (unpaired) electrons. The van der Waals surface area contributed by atoms with Crippen molar-refractivity contribution in [3.63, 3.8) is 0 Å². The monoisotopic (exact) mass is 885 g/mol. The molecule has 1 atom stereocenters. The maximum Gasteiger partial charge on any atom is 2.00 e. The number of aromatic nitrogens is 3. The molecule has 1 aliphatic carbocycles. The molecular weight excluding hydrogens is 857 g/mol. The number of allylic oxidation sites excluding steroid dienone is 1. The zero-order valence-electron chi connectivity index (χ0n) is 27.6. The normalized spacial score (nSPS) is 14.1. The SMILES string of the molecule is [Pt+2].[c-]1c2c(cc3c4ccccc4n(-c4coc5c4[CH-]C(c4ccccn4)C=C5)c13)sc1c3ccccc3n([PH+](c3ccccc3)c3ccccc3)c21. The molecule has 0 N–H and O–H groups in total. The van der Waals surface area contributed by atoms with E-state index in [1.807, 2.05) is 35.9 Å². The van der Waals surface area contributed by atoms with Gasteiger partial charge in [0.05, 0.1) is 5.52 Å². The van der Waals surface area contributed by atoms with E-state index < -0.39 is 8.07 Å². The Morgan fingerprint density at radius 1 is 0.750 bits per heavy atom. The summed E-state index contributed by atoms with van der Waals surface area (Å²) in [6, 6.07) is 52.2. The van der Waals surface area contributed by atoms with Crippen LogP contribution in [0.5, 0.6) is 0 Å². The molecule has 1 aliphatic rings. The third kappa shape index (κ3) is 4.73. The van der Waals surface area contributed by atoms with Crippen LogP contribution < -0.4 is 10.6 Å². The topological polar surface area (TPSA) is 35.9 Å². The number of nitrogens with zero attached hydrogens (tertiary/aromatic N) is 3. The summed E-state index contributed by atoms with van der Waals surface area (Å²) in [6.45, 7) is 0. The minimum Gasteiger partial charge on any atom is -0.533 e. The van der Waals surface area contributed by atoms with Crippen LogP contribution in [0.15, 0.2) is 156 Å². The van der Waals surface area contributed by atoms with E-state index in [1.165, 1.54) is 47.2 Å². The summed E-state index contributed by atoms with van der Waals surface area (Å²) < 4.78 is 13.8. The van der Waals surface area contributed by atoms with Crippen molar-refractivity contribution < 1.29 is 25.5 Å². The second-order valence-electron chi connectivity index (χ2n) is 13.0. The van der Waals surface area contributed by atoms with Crippen molar-refractivity contribution in [2.75, 3.05) is 0 Å². The van der Waals surface area contributed by atoms with Crippen LogP contribution in [-0.2, 0) is 21.1 Å². The zero-order chi connectivity index (χ0) is 33.5. The molecule has 250 valence electrons. The Morgan fingerprint density at radius 3 is 2.19 bits per heavy atom. The molecular formula is C45H29N3OPPtS+. The molecule has 0 fully saturated rings. The molecule has 0 saturated heterocycles. The van der Waals surface area contributed by atoms with Gasteiger partial charge in [-0.3, -0.25) is 4.98 Å². The Labute approximate surface area is 319 Å². The Kier molecular flexibility index (Phi) is 7.58. The molecule has 52 heavy (non-hydrogen) atoms. The van der Waals surface area contributed by atoms with E-state index >= 15 is 0 Å². The number of pyridine rings is 1. The molecule has 0 saturated carbocycles. The van der Waals surface area contributed by atoms with Gasteiger partial charge in [-0.1, -0.05) is 101 Å². The molecule has 0 spiro atoms. The van der Waals surface area contributed by atoms with Gasteiger partial charge in [-0.05, 0) is 71.0 Å². The fourth-order valence-electron chi connectivity index (χ4n) is 7.95. The van der Waals surface area contributed by atoms with Gasteiger partial charge in [0.1, 0.15) is 10.6 Å². The molecule has 1 unspecified atom stereocenters. The van der Waals surface area contributed by atoms with Crippen molar-refractivity contribution in [2.45, 2.75) is 5.92 Å². The van der Waals surface area contributed by atoms with E-state index in [1.54, 1.807) is 0 Å². The minimum absolute atomic E-state index is 0. The van der Waals surface area contributed by atoms with E-state index in [9.17, 15) is 0 Å². The van der Waals surface area contributed by atoms with E-state index in [2.05, 4.69) is 160 Å². The smallest absolute Gasteiger partial charge is 0.533 e. The predicted molar refractivity (Wildman–Crippen MR) is 216 cm³/mol. The number of hydrogen-bond donors (Lipinski definition) is 0. The Bertz CT molecular complexity index is 2920. The Balaban J connectivity index is 0.00000338. The van der Waals surface area contributed by atoms with Crippen LogP contribution in [-0.4, -0.2) is 13.9 Å². The second kappa shape index (κ2) is 12.5. The van der Waals surface area contributed by atoms with Gasteiger partial charge in [0.2, 0.25) is 0 Å². The predicted octanol–water partition coefficient (Wildman–Crippen LogP) is 10.9. The van der Waals surface area contributed by atoms with Gasteiger partial charge < -0.3 is 8.98 Å². The Morgan fingerprint density at radius 2 is 1.44 bits per heavy atom. The van der Waals surface area contributed by atoms with Crippen LogP contribution in [0.25, 0.3) is 64.8 Å². The fourth-order valence-corrected chi connectivity index (χ4v) is 12.0. The van der Waals surface area contributed by atoms with E-state index in [0.29, 0.717) is 0 Å². The number of fused-ring (bicyclic) bond motifs is 9.